The van der Waals surface area contributed by atoms with Gasteiger partial charge >= 0.3 is 6.18 Å². The lowest BCUT2D eigenvalue weighted by molar-refractivity contribution is -0.137. The van der Waals surface area contributed by atoms with Crippen molar-refractivity contribution in [2.75, 3.05) is 32.8 Å². The highest BCUT2D eigenvalue weighted by Gasteiger charge is 2.30. The maximum Gasteiger partial charge on any atom is 0.416 e. The van der Waals surface area contributed by atoms with Gasteiger partial charge in [-0.2, -0.15) is 13.2 Å². The van der Waals surface area contributed by atoms with Crippen LogP contribution in [0, 0.1) is 0 Å². The van der Waals surface area contributed by atoms with Gasteiger partial charge in [0.15, 0.2) is 0 Å². The number of likely N-dealkylation sites (tertiary alicyclic amines) is 1. The molecule has 1 atom stereocenters. The molecule has 1 amide bonds. The number of rotatable bonds is 6. The summed E-state index contributed by atoms with van der Waals surface area (Å²) in [5, 5.41) is 12.0. The second-order valence-electron chi connectivity index (χ2n) is 5.40. The summed E-state index contributed by atoms with van der Waals surface area (Å²) < 4.78 is 42.9. The van der Waals surface area contributed by atoms with Crippen molar-refractivity contribution < 1.29 is 27.8 Å². The number of amides is 1. The largest absolute Gasteiger partial charge is 0.492 e. The molecule has 1 heterocycles. The molecule has 8 heteroatoms. The Bertz CT molecular complexity index is 537. The Morgan fingerprint density at radius 3 is 2.87 bits per heavy atom. The predicted octanol–water partition coefficient (Wildman–Crippen LogP) is 1.27. The van der Waals surface area contributed by atoms with Crippen molar-refractivity contribution in [2.24, 2.45) is 0 Å². The molecule has 23 heavy (non-hydrogen) atoms. The van der Waals surface area contributed by atoms with Crippen LogP contribution in [-0.4, -0.2) is 54.8 Å². The lowest BCUT2D eigenvalue weighted by atomic mass is 10.2. The Labute approximate surface area is 132 Å². The molecule has 1 saturated heterocycles. The Morgan fingerprint density at radius 2 is 2.22 bits per heavy atom. The van der Waals surface area contributed by atoms with Gasteiger partial charge in [0, 0.05) is 13.1 Å². The van der Waals surface area contributed by atoms with Crippen LogP contribution < -0.4 is 10.1 Å². The number of hydrogen-bond donors (Lipinski definition) is 2. The standard InChI is InChI=1S/C15H19F3N2O3/c16-15(17,18)11-2-1-3-13(8-11)23-7-5-19-14(22)10-20-6-4-12(21)9-20/h1-3,8,12,21H,4-7,9-10H2,(H,19,22)/t12-/m0/s1. The average molecular weight is 332 g/mol. The summed E-state index contributed by atoms with van der Waals surface area (Å²) in [6, 6.07) is 4.60. The summed E-state index contributed by atoms with van der Waals surface area (Å²) in [4.78, 5) is 13.5. The van der Waals surface area contributed by atoms with Gasteiger partial charge in [-0.15, -0.1) is 0 Å². The molecule has 0 saturated carbocycles. The number of aliphatic hydroxyl groups is 1. The van der Waals surface area contributed by atoms with E-state index in [1.54, 1.807) is 0 Å². The molecule has 5 nitrogen and oxygen atoms in total. The van der Waals surface area contributed by atoms with E-state index in [0.717, 1.165) is 12.1 Å². The summed E-state index contributed by atoms with van der Waals surface area (Å²) in [5.41, 5.74) is -0.772. The number of nitrogens with zero attached hydrogens (tertiary/aromatic N) is 1. The molecule has 128 valence electrons. The fourth-order valence-electron chi connectivity index (χ4n) is 2.34. The van der Waals surface area contributed by atoms with Gasteiger partial charge in [-0.25, -0.2) is 0 Å². The van der Waals surface area contributed by atoms with E-state index in [1.807, 2.05) is 4.90 Å². The Morgan fingerprint density at radius 1 is 1.43 bits per heavy atom. The maximum atomic E-state index is 12.5. The minimum absolute atomic E-state index is 0.0790. The van der Waals surface area contributed by atoms with Crippen LogP contribution in [0.5, 0.6) is 5.75 Å². The monoisotopic (exact) mass is 332 g/mol. The van der Waals surface area contributed by atoms with Crippen LogP contribution in [0.3, 0.4) is 0 Å². The molecule has 0 radical (unpaired) electrons. The van der Waals surface area contributed by atoms with Gasteiger partial charge < -0.3 is 15.2 Å². The Kier molecular flexibility index (Phi) is 5.84. The van der Waals surface area contributed by atoms with E-state index in [1.165, 1.54) is 12.1 Å². The second-order valence-corrected chi connectivity index (χ2v) is 5.40. The predicted molar refractivity (Wildman–Crippen MR) is 77.0 cm³/mol. The van der Waals surface area contributed by atoms with Gasteiger partial charge in [-0.1, -0.05) is 6.07 Å². The van der Waals surface area contributed by atoms with E-state index >= 15 is 0 Å². The summed E-state index contributed by atoms with van der Waals surface area (Å²) >= 11 is 0. The van der Waals surface area contributed by atoms with Gasteiger partial charge in [0.25, 0.3) is 0 Å². The lowest BCUT2D eigenvalue weighted by Gasteiger charge is -2.14. The van der Waals surface area contributed by atoms with Gasteiger partial charge in [0.1, 0.15) is 12.4 Å². The number of aliphatic hydroxyl groups excluding tert-OH is 1. The molecule has 1 aromatic rings. The first-order valence-corrected chi connectivity index (χ1v) is 7.32. The normalized spacial score (nSPS) is 18.9. The first-order valence-electron chi connectivity index (χ1n) is 7.32. The van der Waals surface area contributed by atoms with Gasteiger partial charge in [-0.3, -0.25) is 9.69 Å². The van der Waals surface area contributed by atoms with E-state index in [0.29, 0.717) is 19.5 Å². The number of carbonyl (C=O) groups excluding carboxylic acids is 1. The fourth-order valence-corrected chi connectivity index (χ4v) is 2.34. The molecule has 2 rings (SSSR count). The number of nitrogens with one attached hydrogen (secondary N) is 1. The number of ether oxygens (including phenoxy) is 1. The van der Waals surface area contributed by atoms with Crippen LogP contribution >= 0.6 is 0 Å². The first kappa shape index (κ1) is 17.6. The molecular formula is C15H19F3N2O3. The van der Waals surface area contributed by atoms with E-state index in [2.05, 4.69) is 5.32 Å². The molecule has 2 N–H and O–H groups in total. The lowest BCUT2D eigenvalue weighted by Crippen LogP contribution is -2.38. The molecule has 1 aliphatic heterocycles. The zero-order valence-electron chi connectivity index (χ0n) is 12.5. The molecule has 1 aromatic carbocycles. The molecule has 0 unspecified atom stereocenters. The summed E-state index contributed by atoms with van der Waals surface area (Å²) in [5.74, 6) is -0.0940. The molecule has 0 aromatic heterocycles. The molecule has 0 bridgehead atoms. The number of β-amino-alcohol motifs (C(OH)–C–C–N with tert-alkyl or cyclic N) is 1. The van der Waals surface area contributed by atoms with Crippen LogP contribution in [0.15, 0.2) is 24.3 Å². The van der Waals surface area contributed by atoms with Gasteiger partial charge in [0.2, 0.25) is 5.91 Å². The minimum atomic E-state index is -4.41. The number of alkyl halides is 3. The van der Waals surface area contributed by atoms with Crippen molar-refractivity contribution in [2.45, 2.75) is 18.7 Å². The quantitative estimate of drug-likeness (QED) is 0.770. The third kappa shape index (κ3) is 5.72. The van der Waals surface area contributed by atoms with E-state index in [4.69, 9.17) is 4.74 Å². The highest BCUT2D eigenvalue weighted by atomic mass is 19.4. The molecule has 0 aliphatic carbocycles. The number of hydrogen-bond acceptors (Lipinski definition) is 4. The topological polar surface area (TPSA) is 61.8 Å². The zero-order valence-corrected chi connectivity index (χ0v) is 12.5. The molecule has 0 spiro atoms. The van der Waals surface area contributed by atoms with Crippen molar-refractivity contribution in [1.29, 1.82) is 0 Å². The van der Waals surface area contributed by atoms with Crippen molar-refractivity contribution in [3.05, 3.63) is 29.8 Å². The smallest absolute Gasteiger partial charge is 0.416 e. The minimum Gasteiger partial charge on any atom is -0.492 e. The van der Waals surface area contributed by atoms with Crippen LogP contribution in [0.25, 0.3) is 0 Å². The van der Waals surface area contributed by atoms with E-state index in [9.17, 15) is 23.1 Å². The molecule has 1 aliphatic rings. The third-order valence-corrected chi connectivity index (χ3v) is 3.47. The molecular weight excluding hydrogens is 313 g/mol. The van der Waals surface area contributed by atoms with Gasteiger partial charge in [0.05, 0.1) is 24.8 Å². The van der Waals surface area contributed by atoms with Crippen molar-refractivity contribution >= 4 is 5.91 Å². The summed E-state index contributed by atoms with van der Waals surface area (Å²) in [6.45, 7) is 1.63. The van der Waals surface area contributed by atoms with Gasteiger partial charge in [-0.05, 0) is 24.6 Å². The highest BCUT2D eigenvalue weighted by Crippen LogP contribution is 2.31. The van der Waals surface area contributed by atoms with Crippen LogP contribution in [0.2, 0.25) is 0 Å². The van der Waals surface area contributed by atoms with Crippen molar-refractivity contribution in [1.82, 2.24) is 10.2 Å². The zero-order chi connectivity index (χ0) is 16.9. The number of halogens is 3. The van der Waals surface area contributed by atoms with E-state index in [-0.39, 0.29) is 37.5 Å². The van der Waals surface area contributed by atoms with Crippen molar-refractivity contribution in [3.63, 3.8) is 0 Å². The third-order valence-electron chi connectivity index (χ3n) is 3.47. The first-order chi connectivity index (χ1) is 10.8. The average Bonchev–Trinajstić information content (AvgIpc) is 2.88. The number of benzene rings is 1. The SMILES string of the molecule is O=C(CN1CC[C@H](O)C1)NCCOc1cccc(C(F)(F)F)c1. The van der Waals surface area contributed by atoms with Crippen LogP contribution in [0.4, 0.5) is 13.2 Å². The summed E-state index contributed by atoms with van der Waals surface area (Å²) in [7, 11) is 0. The van der Waals surface area contributed by atoms with Crippen LogP contribution in [-0.2, 0) is 11.0 Å². The maximum absolute atomic E-state index is 12.5. The second kappa shape index (κ2) is 7.65. The van der Waals surface area contributed by atoms with E-state index < -0.39 is 11.7 Å². The fraction of sp³-hybridized carbons (Fsp3) is 0.533. The Hall–Kier alpha value is -1.80. The molecule has 1 fully saturated rings. The van der Waals surface area contributed by atoms with Crippen LogP contribution in [0.1, 0.15) is 12.0 Å². The summed E-state index contributed by atoms with van der Waals surface area (Å²) in [6.07, 6.45) is -4.13. The number of carbonyl (C=O) groups is 1. The highest BCUT2D eigenvalue weighted by molar-refractivity contribution is 5.78. The Balaban J connectivity index is 1.68. The van der Waals surface area contributed by atoms with Crippen molar-refractivity contribution in [3.8, 4) is 5.75 Å².